The van der Waals surface area contributed by atoms with Crippen LogP contribution in [0.3, 0.4) is 0 Å². The largest absolute Gasteiger partial charge is 0.378 e. The van der Waals surface area contributed by atoms with Crippen molar-refractivity contribution >= 4 is 0 Å². The summed E-state index contributed by atoms with van der Waals surface area (Å²) in [4.78, 5) is 0. The van der Waals surface area contributed by atoms with Crippen LogP contribution < -0.4 is 5.32 Å². The molecule has 1 aliphatic carbocycles. The molecule has 1 aliphatic heterocycles. The van der Waals surface area contributed by atoms with Crippen LogP contribution in [-0.4, -0.2) is 25.8 Å². The lowest BCUT2D eigenvalue weighted by Crippen LogP contribution is -2.46. The minimum Gasteiger partial charge on any atom is -0.378 e. The van der Waals surface area contributed by atoms with E-state index in [1.165, 1.54) is 32.2 Å². The molecule has 13 heavy (non-hydrogen) atoms. The standard InChI is InChI=1S/C11H21NO/c1-9-5-10(6-9)3-2-4-12-11-7-13-8-11/h9-12H,2-8H2,1H3. The van der Waals surface area contributed by atoms with Crippen molar-refractivity contribution < 1.29 is 4.74 Å². The Morgan fingerprint density at radius 3 is 2.62 bits per heavy atom. The van der Waals surface area contributed by atoms with E-state index in [1.54, 1.807) is 0 Å². The second-order valence-corrected chi connectivity index (χ2v) is 4.77. The predicted octanol–water partition coefficient (Wildman–Crippen LogP) is 1.80. The van der Waals surface area contributed by atoms with Crippen LogP contribution in [0.15, 0.2) is 0 Å². The smallest absolute Gasteiger partial charge is 0.0643 e. The second kappa shape index (κ2) is 4.43. The Hall–Kier alpha value is -0.0800. The monoisotopic (exact) mass is 183 g/mol. The molecule has 2 nitrogen and oxygen atoms in total. The van der Waals surface area contributed by atoms with Gasteiger partial charge in [0.1, 0.15) is 0 Å². The Morgan fingerprint density at radius 1 is 1.31 bits per heavy atom. The summed E-state index contributed by atoms with van der Waals surface area (Å²) >= 11 is 0. The summed E-state index contributed by atoms with van der Waals surface area (Å²) in [6.45, 7) is 5.42. The summed E-state index contributed by atoms with van der Waals surface area (Å²) in [6.07, 6.45) is 5.75. The third kappa shape index (κ3) is 2.68. The zero-order chi connectivity index (χ0) is 9.10. The summed E-state index contributed by atoms with van der Waals surface area (Å²) in [5, 5.41) is 3.51. The number of nitrogens with one attached hydrogen (secondary N) is 1. The maximum absolute atomic E-state index is 5.10. The number of rotatable bonds is 5. The highest BCUT2D eigenvalue weighted by molar-refractivity contribution is 4.77. The predicted molar refractivity (Wildman–Crippen MR) is 53.7 cm³/mol. The molecule has 0 bridgehead atoms. The lowest BCUT2D eigenvalue weighted by atomic mass is 9.74. The normalized spacial score (nSPS) is 33.9. The summed E-state index contributed by atoms with van der Waals surface area (Å²) in [5.41, 5.74) is 0. The Kier molecular flexibility index (Phi) is 3.23. The average molecular weight is 183 g/mol. The Balaban J connectivity index is 1.41. The maximum Gasteiger partial charge on any atom is 0.0643 e. The molecule has 0 aromatic rings. The topological polar surface area (TPSA) is 21.3 Å². The van der Waals surface area contributed by atoms with Crippen LogP contribution >= 0.6 is 0 Å². The lowest BCUT2D eigenvalue weighted by Gasteiger charge is -2.33. The third-order valence-corrected chi connectivity index (χ3v) is 3.33. The molecule has 1 N–H and O–H groups in total. The van der Waals surface area contributed by atoms with Crippen LogP contribution in [0.5, 0.6) is 0 Å². The molecule has 0 aromatic carbocycles. The van der Waals surface area contributed by atoms with Gasteiger partial charge in [0.25, 0.3) is 0 Å². The highest BCUT2D eigenvalue weighted by Crippen LogP contribution is 2.35. The van der Waals surface area contributed by atoms with Gasteiger partial charge in [-0.15, -0.1) is 0 Å². The first kappa shape index (κ1) is 9.47. The van der Waals surface area contributed by atoms with Crippen molar-refractivity contribution in [3.63, 3.8) is 0 Å². The van der Waals surface area contributed by atoms with Crippen LogP contribution in [0.25, 0.3) is 0 Å². The molecule has 1 saturated heterocycles. The molecule has 2 fully saturated rings. The van der Waals surface area contributed by atoms with E-state index in [1.807, 2.05) is 0 Å². The van der Waals surface area contributed by atoms with Crippen molar-refractivity contribution in [2.75, 3.05) is 19.8 Å². The fourth-order valence-corrected chi connectivity index (χ4v) is 2.36. The molecule has 1 heterocycles. The SMILES string of the molecule is CC1CC(CCCNC2COC2)C1. The summed E-state index contributed by atoms with van der Waals surface area (Å²) in [6, 6.07) is 0.667. The van der Waals surface area contributed by atoms with Gasteiger partial charge < -0.3 is 10.1 Å². The molecular weight excluding hydrogens is 162 g/mol. The number of hydrogen-bond donors (Lipinski definition) is 1. The fraction of sp³-hybridized carbons (Fsp3) is 1.00. The molecule has 0 amide bonds. The van der Waals surface area contributed by atoms with Crippen LogP contribution in [0.1, 0.15) is 32.6 Å². The van der Waals surface area contributed by atoms with E-state index in [4.69, 9.17) is 4.74 Å². The quantitative estimate of drug-likeness (QED) is 0.656. The van der Waals surface area contributed by atoms with E-state index in [0.29, 0.717) is 6.04 Å². The van der Waals surface area contributed by atoms with Gasteiger partial charge in [0.2, 0.25) is 0 Å². The van der Waals surface area contributed by atoms with Crippen molar-refractivity contribution in [2.45, 2.75) is 38.6 Å². The molecule has 0 radical (unpaired) electrons. The van der Waals surface area contributed by atoms with Crippen molar-refractivity contribution in [1.29, 1.82) is 0 Å². The van der Waals surface area contributed by atoms with Crippen LogP contribution in [0.2, 0.25) is 0 Å². The van der Waals surface area contributed by atoms with E-state index in [2.05, 4.69) is 12.2 Å². The van der Waals surface area contributed by atoms with Crippen LogP contribution in [-0.2, 0) is 4.74 Å². The van der Waals surface area contributed by atoms with Crippen LogP contribution in [0, 0.1) is 11.8 Å². The van der Waals surface area contributed by atoms with Gasteiger partial charge in [0, 0.05) is 0 Å². The minimum absolute atomic E-state index is 0.667. The minimum atomic E-state index is 0.667. The van der Waals surface area contributed by atoms with E-state index in [-0.39, 0.29) is 0 Å². The second-order valence-electron chi connectivity index (χ2n) is 4.77. The van der Waals surface area contributed by atoms with Gasteiger partial charge in [-0.1, -0.05) is 6.92 Å². The third-order valence-electron chi connectivity index (χ3n) is 3.33. The zero-order valence-corrected chi connectivity index (χ0v) is 8.59. The molecular formula is C11H21NO. The van der Waals surface area contributed by atoms with Crippen molar-refractivity contribution in [3.8, 4) is 0 Å². The van der Waals surface area contributed by atoms with E-state index in [0.717, 1.165) is 25.0 Å². The molecule has 0 spiro atoms. The van der Waals surface area contributed by atoms with Crippen molar-refractivity contribution in [1.82, 2.24) is 5.32 Å². The summed E-state index contributed by atoms with van der Waals surface area (Å²) < 4.78 is 5.10. The number of ether oxygens (including phenoxy) is 1. The van der Waals surface area contributed by atoms with Gasteiger partial charge in [-0.25, -0.2) is 0 Å². The van der Waals surface area contributed by atoms with Crippen molar-refractivity contribution in [2.24, 2.45) is 11.8 Å². The van der Waals surface area contributed by atoms with Gasteiger partial charge in [0.05, 0.1) is 19.3 Å². The maximum atomic E-state index is 5.10. The summed E-state index contributed by atoms with van der Waals surface area (Å²) in [5.74, 6) is 2.06. The lowest BCUT2D eigenvalue weighted by molar-refractivity contribution is -0.00523. The summed E-state index contributed by atoms with van der Waals surface area (Å²) in [7, 11) is 0. The highest BCUT2D eigenvalue weighted by atomic mass is 16.5. The van der Waals surface area contributed by atoms with E-state index in [9.17, 15) is 0 Å². The van der Waals surface area contributed by atoms with E-state index >= 15 is 0 Å². The molecule has 2 aliphatic rings. The Labute approximate surface area is 81.0 Å². The first-order valence-electron chi connectivity index (χ1n) is 5.65. The molecule has 2 heteroatoms. The molecule has 0 aromatic heterocycles. The first-order valence-corrected chi connectivity index (χ1v) is 5.65. The highest BCUT2D eigenvalue weighted by Gasteiger charge is 2.24. The van der Waals surface area contributed by atoms with Gasteiger partial charge >= 0.3 is 0 Å². The first-order chi connectivity index (χ1) is 6.34. The van der Waals surface area contributed by atoms with Crippen molar-refractivity contribution in [3.05, 3.63) is 0 Å². The molecule has 0 unspecified atom stereocenters. The van der Waals surface area contributed by atoms with Gasteiger partial charge in [-0.2, -0.15) is 0 Å². The van der Waals surface area contributed by atoms with Gasteiger partial charge in [-0.05, 0) is 44.1 Å². The van der Waals surface area contributed by atoms with Gasteiger partial charge in [-0.3, -0.25) is 0 Å². The Morgan fingerprint density at radius 2 is 2.08 bits per heavy atom. The molecule has 2 rings (SSSR count). The Bertz CT molecular complexity index is 150. The zero-order valence-electron chi connectivity index (χ0n) is 8.59. The molecule has 0 atom stereocenters. The van der Waals surface area contributed by atoms with Crippen LogP contribution in [0.4, 0.5) is 0 Å². The fourth-order valence-electron chi connectivity index (χ4n) is 2.36. The average Bonchev–Trinajstić information content (AvgIpc) is 1.97. The van der Waals surface area contributed by atoms with E-state index < -0.39 is 0 Å². The molecule has 1 saturated carbocycles. The number of hydrogen-bond acceptors (Lipinski definition) is 2. The molecule has 76 valence electrons. The van der Waals surface area contributed by atoms with Gasteiger partial charge in [0.15, 0.2) is 0 Å².